The molecule has 310 valence electrons. The van der Waals surface area contributed by atoms with E-state index in [2.05, 4.69) is 43.5 Å². The van der Waals surface area contributed by atoms with Crippen LogP contribution in [0.1, 0.15) is 245 Å². The first-order valence-electron chi connectivity index (χ1n) is 23.0. The normalized spacial score (nSPS) is 12.2. The molecule has 1 amide bonds. The van der Waals surface area contributed by atoms with Crippen LogP contribution in [-0.4, -0.2) is 35.6 Å². The van der Waals surface area contributed by atoms with Gasteiger partial charge in [-0.2, -0.15) is 0 Å². The fourth-order valence-electron chi connectivity index (χ4n) is 6.92. The highest BCUT2D eigenvalue weighted by atomic mass is 16.5. The number of unbranched alkanes of at least 4 members (excludes halogenated alkanes) is 27. The van der Waals surface area contributed by atoms with E-state index in [4.69, 9.17) is 9.84 Å². The van der Waals surface area contributed by atoms with E-state index in [1.54, 1.807) is 0 Å². The Labute approximate surface area is 328 Å². The number of allylic oxidation sites excluding steroid dienone is 4. The molecule has 0 aliphatic carbocycles. The van der Waals surface area contributed by atoms with Gasteiger partial charge < -0.3 is 15.2 Å². The van der Waals surface area contributed by atoms with E-state index in [1.165, 1.54) is 148 Å². The van der Waals surface area contributed by atoms with Crippen molar-refractivity contribution >= 4 is 17.8 Å². The summed E-state index contributed by atoms with van der Waals surface area (Å²) in [6, 6.07) is 0. The molecule has 0 aliphatic rings. The number of carbonyl (C=O) groups excluding carboxylic acids is 2. The molecule has 1 atom stereocenters. The summed E-state index contributed by atoms with van der Waals surface area (Å²) in [5.41, 5.74) is 0. The molecule has 53 heavy (non-hydrogen) atoms. The maximum atomic E-state index is 12.8. The number of carbonyl (C=O) groups is 3. The van der Waals surface area contributed by atoms with Gasteiger partial charge in [-0.05, 0) is 83.5 Å². The van der Waals surface area contributed by atoms with Crippen molar-refractivity contribution in [3.63, 3.8) is 0 Å². The average Bonchev–Trinajstić information content (AvgIpc) is 3.14. The van der Waals surface area contributed by atoms with Crippen LogP contribution in [0.25, 0.3) is 0 Å². The Kier molecular flexibility index (Phi) is 40.9. The first-order valence-corrected chi connectivity index (χ1v) is 23.0. The lowest BCUT2D eigenvalue weighted by atomic mass is 10.0. The molecule has 0 aromatic rings. The van der Waals surface area contributed by atoms with Gasteiger partial charge in [-0.15, -0.1) is 0 Å². The van der Waals surface area contributed by atoms with E-state index in [-0.39, 0.29) is 24.5 Å². The van der Waals surface area contributed by atoms with Crippen LogP contribution in [0.3, 0.4) is 0 Å². The van der Waals surface area contributed by atoms with Gasteiger partial charge in [-0.25, -0.2) is 0 Å². The third kappa shape index (κ3) is 42.5. The number of amides is 1. The minimum absolute atomic E-state index is 0.00463. The van der Waals surface area contributed by atoms with Crippen LogP contribution in [-0.2, 0) is 19.1 Å². The topological polar surface area (TPSA) is 92.7 Å². The summed E-state index contributed by atoms with van der Waals surface area (Å²) in [5.74, 6) is -1.24. The van der Waals surface area contributed by atoms with Crippen LogP contribution >= 0.6 is 0 Å². The van der Waals surface area contributed by atoms with Crippen molar-refractivity contribution in [2.24, 2.45) is 0 Å². The molecular weight excluding hydrogens is 659 g/mol. The highest BCUT2D eigenvalue weighted by molar-refractivity contribution is 5.80. The zero-order valence-corrected chi connectivity index (χ0v) is 35.1. The first-order chi connectivity index (χ1) is 26.0. The predicted molar refractivity (Wildman–Crippen MR) is 226 cm³/mol. The number of carboxylic acid groups (broad SMARTS) is 1. The number of nitrogens with one attached hydrogen (secondary N) is 1. The Bertz CT molecular complexity index is 869. The number of hydrogen-bond donors (Lipinski definition) is 2. The van der Waals surface area contributed by atoms with Gasteiger partial charge in [0, 0.05) is 12.8 Å². The molecule has 0 fully saturated rings. The highest BCUT2D eigenvalue weighted by Gasteiger charge is 2.14. The van der Waals surface area contributed by atoms with E-state index in [0.29, 0.717) is 12.8 Å². The molecule has 0 spiro atoms. The van der Waals surface area contributed by atoms with E-state index < -0.39 is 5.97 Å². The second kappa shape index (κ2) is 42.6. The number of ether oxygens (including phenoxy) is 1. The molecule has 0 heterocycles. The van der Waals surface area contributed by atoms with Gasteiger partial charge in [0.25, 0.3) is 0 Å². The molecule has 0 bridgehead atoms. The van der Waals surface area contributed by atoms with Crippen molar-refractivity contribution in [1.82, 2.24) is 5.32 Å². The fraction of sp³-hybridized carbons (Fsp3) is 0.851. The van der Waals surface area contributed by atoms with Crippen LogP contribution in [0.15, 0.2) is 24.3 Å². The second-order valence-corrected chi connectivity index (χ2v) is 15.6. The van der Waals surface area contributed by atoms with Crippen molar-refractivity contribution in [2.45, 2.75) is 251 Å². The molecule has 0 radical (unpaired) electrons. The molecule has 6 heteroatoms. The van der Waals surface area contributed by atoms with Crippen molar-refractivity contribution in [3.05, 3.63) is 24.3 Å². The standard InChI is InChI=1S/C47H87NO5/c1-3-5-7-9-11-13-15-17-18-19-20-21-23-25-27-29-34-38-42-47(52)53-44(40-36-32-30-33-37-41-45(49)48-43-46(50)51)39-35-31-28-26-24-22-16-14-12-10-8-6-4-2/h18-19,26,28,44H,3-17,20-25,27,29-43H2,1-2H3,(H,48,49)(H,50,51)/b19-18-,28-26-. The quantitative estimate of drug-likeness (QED) is 0.0369. The van der Waals surface area contributed by atoms with Gasteiger partial charge in [-0.1, -0.05) is 173 Å². The van der Waals surface area contributed by atoms with Gasteiger partial charge >= 0.3 is 11.9 Å². The Morgan fingerprint density at radius 1 is 0.472 bits per heavy atom. The van der Waals surface area contributed by atoms with Crippen molar-refractivity contribution in [2.75, 3.05) is 6.54 Å². The molecule has 6 nitrogen and oxygen atoms in total. The van der Waals surface area contributed by atoms with Crippen LogP contribution in [0.4, 0.5) is 0 Å². The summed E-state index contributed by atoms with van der Waals surface area (Å²) >= 11 is 0. The molecule has 0 aromatic heterocycles. The molecule has 0 aliphatic heterocycles. The number of rotatable bonds is 42. The van der Waals surface area contributed by atoms with Gasteiger partial charge in [-0.3, -0.25) is 14.4 Å². The molecule has 0 rings (SSSR count). The largest absolute Gasteiger partial charge is 0.480 e. The van der Waals surface area contributed by atoms with Gasteiger partial charge in [0.2, 0.25) is 5.91 Å². The maximum absolute atomic E-state index is 12.8. The SMILES string of the molecule is CCCCCCCCC/C=C\CCCCCCCCCC(=O)OC(CCC/C=C\CCCCCCCCCC)CCCCCCCC(=O)NCC(=O)O. The molecule has 1 unspecified atom stereocenters. The molecule has 0 saturated heterocycles. The smallest absolute Gasteiger partial charge is 0.322 e. The molecule has 0 aromatic carbocycles. The minimum atomic E-state index is -1.02. The Hall–Kier alpha value is -2.11. The summed E-state index contributed by atoms with van der Waals surface area (Å²) in [4.78, 5) is 35.1. The number of hydrogen-bond acceptors (Lipinski definition) is 4. The summed E-state index contributed by atoms with van der Waals surface area (Å²) in [7, 11) is 0. The van der Waals surface area contributed by atoms with E-state index in [0.717, 1.165) is 70.6 Å². The molecule has 0 saturated carbocycles. The Morgan fingerprint density at radius 2 is 0.830 bits per heavy atom. The maximum Gasteiger partial charge on any atom is 0.322 e. The van der Waals surface area contributed by atoms with Crippen molar-refractivity contribution in [3.8, 4) is 0 Å². The first kappa shape index (κ1) is 50.9. The predicted octanol–water partition coefficient (Wildman–Crippen LogP) is 14.3. The third-order valence-corrected chi connectivity index (χ3v) is 10.3. The lowest BCUT2D eigenvalue weighted by Gasteiger charge is -2.18. The van der Waals surface area contributed by atoms with E-state index in [9.17, 15) is 14.4 Å². The lowest BCUT2D eigenvalue weighted by molar-refractivity contribution is -0.150. The monoisotopic (exact) mass is 746 g/mol. The zero-order chi connectivity index (χ0) is 38.7. The summed E-state index contributed by atoms with van der Waals surface area (Å²) in [5, 5.41) is 11.1. The van der Waals surface area contributed by atoms with Gasteiger partial charge in [0.15, 0.2) is 0 Å². The number of aliphatic carboxylic acids is 1. The van der Waals surface area contributed by atoms with Crippen molar-refractivity contribution < 1.29 is 24.2 Å². The average molecular weight is 746 g/mol. The summed E-state index contributed by atoms with van der Waals surface area (Å²) < 4.78 is 6.03. The van der Waals surface area contributed by atoms with Crippen LogP contribution in [0.2, 0.25) is 0 Å². The molecular formula is C47H87NO5. The van der Waals surface area contributed by atoms with Crippen LogP contribution < -0.4 is 5.32 Å². The number of esters is 1. The third-order valence-electron chi connectivity index (χ3n) is 10.3. The summed E-state index contributed by atoms with van der Waals surface area (Å²) in [6.07, 6.45) is 51.6. The minimum Gasteiger partial charge on any atom is -0.480 e. The summed E-state index contributed by atoms with van der Waals surface area (Å²) in [6.45, 7) is 4.23. The van der Waals surface area contributed by atoms with E-state index in [1.807, 2.05) is 0 Å². The zero-order valence-electron chi connectivity index (χ0n) is 35.1. The van der Waals surface area contributed by atoms with Crippen LogP contribution in [0.5, 0.6) is 0 Å². The van der Waals surface area contributed by atoms with Gasteiger partial charge in [0.1, 0.15) is 12.6 Å². The Morgan fingerprint density at radius 3 is 1.28 bits per heavy atom. The van der Waals surface area contributed by atoms with Crippen LogP contribution in [0, 0.1) is 0 Å². The second-order valence-electron chi connectivity index (χ2n) is 15.6. The lowest BCUT2D eigenvalue weighted by Crippen LogP contribution is -2.28. The highest BCUT2D eigenvalue weighted by Crippen LogP contribution is 2.18. The van der Waals surface area contributed by atoms with Crippen molar-refractivity contribution in [1.29, 1.82) is 0 Å². The van der Waals surface area contributed by atoms with E-state index >= 15 is 0 Å². The van der Waals surface area contributed by atoms with Gasteiger partial charge in [0.05, 0.1) is 0 Å². The molecule has 2 N–H and O–H groups in total. The number of carboxylic acids is 1. The fourth-order valence-corrected chi connectivity index (χ4v) is 6.92. The Balaban J connectivity index is 4.15.